The largest absolute Gasteiger partial charge is 0.416 e. The number of rotatable bonds is 0. The fourth-order valence-electron chi connectivity index (χ4n) is 1.19. The number of hydrogen-bond acceptors (Lipinski definition) is 1. The predicted octanol–water partition coefficient (Wildman–Crippen LogP) is 4.68. The summed E-state index contributed by atoms with van der Waals surface area (Å²) in [5, 5.41) is 0.622. The first-order chi connectivity index (χ1) is 6.47. The molecule has 2 aromatic rings. The molecule has 1 heterocycles. The van der Waals surface area contributed by atoms with Crippen LogP contribution in [0.15, 0.2) is 28.1 Å². The molecule has 0 saturated carbocycles. The van der Waals surface area contributed by atoms with Crippen molar-refractivity contribution in [3.63, 3.8) is 0 Å². The third-order valence-electron chi connectivity index (χ3n) is 1.81. The molecule has 0 N–H and O–H groups in total. The van der Waals surface area contributed by atoms with Crippen molar-refractivity contribution >= 4 is 37.4 Å². The maximum Gasteiger partial charge on any atom is 0.416 e. The fraction of sp³-hybridized carbons (Fsp3) is 0.111. The van der Waals surface area contributed by atoms with Gasteiger partial charge in [0.25, 0.3) is 0 Å². The van der Waals surface area contributed by atoms with Gasteiger partial charge in [-0.3, -0.25) is 0 Å². The summed E-state index contributed by atoms with van der Waals surface area (Å²) in [5.74, 6) is 0. The molecule has 74 valence electrons. The van der Waals surface area contributed by atoms with Crippen molar-refractivity contribution in [1.29, 1.82) is 0 Å². The average Bonchev–Trinajstić information content (AvgIpc) is 2.41. The smallest absolute Gasteiger partial charge is 0.166 e. The van der Waals surface area contributed by atoms with Gasteiger partial charge in [-0.1, -0.05) is 0 Å². The average molecular weight is 281 g/mol. The number of hydrogen-bond donors (Lipinski definition) is 0. The first-order valence-electron chi connectivity index (χ1n) is 3.73. The van der Waals surface area contributed by atoms with E-state index in [2.05, 4.69) is 15.9 Å². The third kappa shape index (κ3) is 1.79. The Bertz CT molecular complexity index is 472. The molecule has 0 amide bonds. The van der Waals surface area contributed by atoms with E-state index >= 15 is 0 Å². The summed E-state index contributed by atoms with van der Waals surface area (Å²) in [4.78, 5) is 0. The van der Waals surface area contributed by atoms with Crippen LogP contribution in [0.25, 0.3) is 10.1 Å². The van der Waals surface area contributed by atoms with E-state index in [4.69, 9.17) is 0 Å². The van der Waals surface area contributed by atoms with Gasteiger partial charge >= 0.3 is 6.18 Å². The van der Waals surface area contributed by atoms with Crippen LogP contribution in [-0.4, -0.2) is 0 Å². The van der Waals surface area contributed by atoms with E-state index in [1.165, 1.54) is 17.4 Å². The quantitative estimate of drug-likeness (QED) is 0.657. The van der Waals surface area contributed by atoms with Crippen molar-refractivity contribution in [2.24, 2.45) is 0 Å². The molecule has 5 heteroatoms. The molecule has 0 unspecified atom stereocenters. The van der Waals surface area contributed by atoms with Crippen LogP contribution in [0.5, 0.6) is 0 Å². The minimum atomic E-state index is -4.26. The Labute approximate surface area is 90.5 Å². The van der Waals surface area contributed by atoms with E-state index in [1.807, 2.05) is 0 Å². The van der Waals surface area contributed by atoms with Crippen LogP contribution >= 0.6 is 27.3 Å². The van der Waals surface area contributed by atoms with E-state index in [-0.39, 0.29) is 0 Å². The van der Waals surface area contributed by atoms with Crippen LogP contribution in [0.1, 0.15) is 5.56 Å². The molecule has 0 aliphatic heterocycles. The van der Waals surface area contributed by atoms with Crippen LogP contribution < -0.4 is 0 Å². The minimum absolute atomic E-state index is 0.602. The molecule has 0 radical (unpaired) electrons. The van der Waals surface area contributed by atoms with Crippen molar-refractivity contribution in [3.8, 4) is 0 Å². The number of alkyl halides is 3. The van der Waals surface area contributed by atoms with Crippen LogP contribution in [0.2, 0.25) is 0 Å². The van der Waals surface area contributed by atoms with E-state index in [9.17, 15) is 13.2 Å². The molecular formula is C9H4BrF3S. The highest BCUT2D eigenvalue weighted by Gasteiger charge is 2.30. The Morgan fingerprint density at radius 1 is 1.14 bits per heavy atom. The summed E-state index contributed by atoms with van der Waals surface area (Å²) in [6.45, 7) is 0. The molecule has 1 aromatic heterocycles. The summed E-state index contributed by atoms with van der Waals surface area (Å²) in [5.41, 5.74) is -0.602. The number of thiophene rings is 1. The van der Waals surface area contributed by atoms with Gasteiger partial charge in [0.1, 0.15) is 0 Å². The molecule has 14 heavy (non-hydrogen) atoms. The van der Waals surface area contributed by atoms with Gasteiger partial charge in [-0.2, -0.15) is 13.2 Å². The zero-order valence-corrected chi connectivity index (χ0v) is 9.13. The van der Waals surface area contributed by atoms with Gasteiger partial charge in [0.2, 0.25) is 0 Å². The van der Waals surface area contributed by atoms with Crippen LogP contribution in [0, 0.1) is 0 Å². The second-order valence-electron chi connectivity index (χ2n) is 2.80. The molecule has 0 aliphatic carbocycles. The Balaban J connectivity index is 2.62. The van der Waals surface area contributed by atoms with E-state index < -0.39 is 11.7 Å². The molecule has 0 bridgehead atoms. The third-order valence-corrected chi connectivity index (χ3v) is 3.43. The summed E-state index contributed by atoms with van der Waals surface area (Å²) in [7, 11) is 0. The standard InChI is InChI=1S/C9H4BrF3S/c10-8-4-5-3-6(9(11,12)13)1-2-7(5)14-8/h1-4H. The van der Waals surface area contributed by atoms with Gasteiger partial charge in [-0.15, -0.1) is 11.3 Å². The zero-order valence-electron chi connectivity index (χ0n) is 6.73. The lowest BCUT2D eigenvalue weighted by Gasteiger charge is -2.05. The monoisotopic (exact) mass is 280 g/mol. The summed E-state index contributed by atoms with van der Waals surface area (Å²) in [6, 6.07) is 5.45. The van der Waals surface area contributed by atoms with Crippen LogP contribution in [0.4, 0.5) is 13.2 Å². The van der Waals surface area contributed by atoms with Crippen LogP contribution in [0.3, 0.4) is 0 Å². The highest BCUT2D eigenvalue weighted by molar-refractivity contribution is 9.11. The van der Waals surface area contributed by atoms with Gasteiger partial charge in [0.05, 0.1) is 9.35 Å². The number of benzene rings is 1. The van der Waals surface area contributed by atoms with Gasteiger partial charge in [-0.05, 0) is 45.6 Å². The predicted molar refractivity (Wildman–Crippen MR) is 54.5 cm³/mol. The molecule has 0 fully saturated rings. The minimum Gasteiger partial charge on any atom is -0.166 e. The molecule has 0 aliphatic rings. The normalized spacial score (nSPS) is 12.3. The second-order valence-corrected chi connectivity index (χ2v) is 5.26. The van der Waals surface area contributed by atoms with E-state index in [0.717, 1.165) is 20.6 Å². The number of fused-ring (bicyclic) bond motifs is 1. The first-order valence-corrected chi connectivity index (χ1v) is 5.34. The zero-order chi connectivity index (χ0) is 10.3. The van der Waals surface area contributed by atoms with Crippen molar-refractivity contribution in [1.82, 2.24) is 0 Å². The number of halogens is 4. The van der Waals surface area contributed by atoms with E-state index in [0.29, 0.717) is 5.39 Å². The summed E-state index contributed by atoms with van der Waals surface area (Å²) >= 11 is 4.66. The molecule has 1 aromatic carbocycles. The molecule has 0 nitrogen and oxygen atoms in total. The highest BCUT2D eigenvalue weighted by atomic mass is 79.9. The topological polar surface area (TPSA) is 0 Å². The van der Waals surface area contributed by atoms with Crippen molar-refractivity contribution in [2.75, 3.05) is 0 Å². The molecule has 2 rings (SSSR count). The molecule has 0 spiro atoms. The van der Waals surface area contributed by atoms with Crippen LogP contribution in [-0.2, 0) is 6.18 Å². The lowest BCUT2D eigenvalue weighted by Crippen LogP contribution is -2.03. The Kier molecular flexibility index (Phi) is 2.31. The molecule has 0 atom stereocenters. The Morgan fingerprint density at radius 3 is 2.50 bits per heavy atom. The van der Waals surface area contributed by atoms with Gasteiger partial charge in [0, 0.05) is 4.70 Å². The Morgan fingerprint density at radius 2 is 1.86 bits per heavy atom. The SMILES string of the molecule is FC(F)(F)c1ccc2sc(Br)cc2c1. The lowest BCUT2D eigenvalue weighted by atomic mass is 10.1. The van der Waals surface area contributed by atoms with Crippen molar-refractivity contribution in [2.45, 2.75) is 6.18 Å². The first kappa shape index (κ1) is 9.98. The molecular weight excluding hydrogens is 277 g/mol. The maximum atomic E-state index is 12.3. The molecule has 0 saturated heterocycles. The second kappa shape index (κ2) is 3.24. The maximum absolute atomic E-state index is 12.3. The van der Waals surface area contributed by atoms with Crippen molar-refractivity contribution < 1.29 is 13.2 Å². The van der Waals surface area contributed by atoms with Crippen molar-refractivity contribution in [3.05, 3.63) is 33.6 Å². The highest BCUT2D eigenvalue weighted by Crippen LogP contribution is 2.35. The lowest BCUT2D eigenvalue weighted by molar-refractivity contribution is -0.137. The van der Waals surface area contributed by atoms with Gasteiger partial charge in [0.15, 0.2) is 0 Å². The van der Waals surface area contributed by atoms with Gasteiger partial charge in [-0.25, -0.2) is 0 Å². The Hall–Kier alpha value is -0.550. The van der Waals surface area contributed by atoms with Gasteiger partial charge < -0.3 is 0 Å². The summed E-state index contributed by atoms with van der Waals surface area (Å²) in [6.07, 6.45) is -4.26. The summed E-state index contributed by atoms with van der Waals surface area (Å²) < 4.78 is 38.6. The van der Waals surface area contributed by atoms with E-state index in [1.54, 1.807) is 6.07 Å². The fourth-order valence-corrected chi connectivity index (χ4v) is 2.72.